The third-order valence-corrected chi connectivity index (χ3v) is 4.64. The quantitative estimate of drug-likeness (QED) is 0.626. The van der Waals surface area contributed by atoms with Crippen molar-refractivity contribution < 1.29 is 9.53 Å². The standard InChI is InChI=1S/C19H19ClN4O2/c1-10-8-13(9-11(2)16(10)20)26-12(3)19(25)24-23-18-15-7-5-4-6-14(15)17(21)22-18/h4-9,12,22H,21H2,1-3H3. The van der Waals surface area contributed by atoms with E-state index in [0.29, 0.717) is 22.4 Å². The molecule has 1 unspecified atom stereocenters. The van der Waals surface area contributed by atoms with Crippen molar-refractivity contribution in [3.8, 4) is 5.75 Å². The van der Waals surface area contributed by atoms with Crippen LogP contribution in [0.3, 0.4) is 0 Å². The van der Waals surface area contributed by atoms with Crippen LogP contribution in [0.15, 0.2) is 46.6 Å². The van der Waals surface area contributed by atoms with E-state index < -0.39 is 12.0 Å². The van der Waals surface area contributed by atoms with Crippen molar-refractivity contribution in [1.29, 1.82) is 0 Å². The first-order chi connectivity index (χ1) is 12.4. The van der Waals surface area contributed by atoms with Gasteiger partial charge in [-0.25, -0.2) is 0 Å². The molecule has 0 bridgehead atoms. The number of azo groups is 1. The molecule has 2 aromatic carbocycles. The van der Waals surface area contributed by atoms with Gasteiger partial charge >= 0.3 is 5.91 Å². The van der Waals surface area contributed by atoms with Gasteiger partial charge in [0.1, 0.15) is 11.6 Å². The highest BCUT2D eigenvalue weighted by Gasteiger charge is 2.16. The number of nitrogens with zero attached hydrogens (tertiary/aromatic N) is 2. The summed E-state index contributed by atoms with van der Waals surface area (Å²) in [6.45, 7) is 5.39. The van der Waals surface area contributed by atoms with E-state index in [1.54, 1.807) is 19.1 Å². The van der Waals surface area contributed by atoms with Crippen LogP contribution in [0, 0.1) is 13.8 Å². The number of aromatic amines is 1. The van der Waals surface area contributed by atoms with E-state index in [0.717, 1.165) is 21.9 Å². The van der Waals surface area contributed by atoms with Gasteiger partial charge in [-0.3, -0.25) is 4.79 Å². The second-order valence-corrected chi connectivity index (χ2v) is 6.48. The fourth-order valence-corrected chi connectivity index (χ4v) is 2.78. The van der Waals surface area contributed by atoms with Crippen molar-refractivity contribution in [3.63, 3.8) is 0 Å². The third kappa shape index (κ3) is 3.55. The summed E-state index contributed by atoms with van der Waals surface area (Å²) in [5.41, 5.74) is 7.68. The lowest BCUT2D eigenvalue weighted by Crippen LogP contribution is -2.21. The number of carbonyl (C=O) groups is 1. The molecular weight excluding hydrogens is 352 g/mol. The molecule has 0 radical (unpaired) electrons. The van der Waals surface area contributed by atoms with E-state index in [9.17, 15) is 4.79 Å². The maximum Gasteiger partial charge on any atom is 0.304 e. The monoisotopic (exact) mass is 370 g/mol. The van der Waals surface area contributed by atoms with Crippen molar-refractivity contribution in [1.82, 2.24) is 4.98 Å². The maximum atomic E-state index is 12.2. The van der Waals surface area contributed by atoms with Crippen molar-refractivity contribution >= 4 is 39.9 Å². The first-order valence-electron chi connectivity index (χ1n) is 8.12. The minimum absolute atomic E-state index is 0.442. The number of H-pyrrole nitrogens is 1. The lowest BCUT2D eigenvalue weighted by atomic mass is 10.1. The van der Waals surface area contributed by atoms with E-state index in [2.05, 4.69) is 15.2 Å². The highest BCUT2D eigenvalue weighted by atomic mass is 35.5. The topological polar surface area (TPSA) is 92.8 Å². The van der Waals surface area contributed by atoms with Gasteiger partial charge in [0.2, 0.25) is 0 Å². The van der Waals surface area contributed by atoms with E-state index in [1.165, 1.54) is 0 Å². The molecular formula is C19H19ClN4O2. The number of hydrogen-bond donors (Lipinski definition) is 2. The minimum Gasteiger partial charge on any atom is -0.481 e. The fraction of sp³-hybridized carbons (Fsp3) is 0.211. The van der Waals surface area contributed by atoms with Gasteiger partial charge in [0.15, 0.2) is 11.9 Å². The number of nitrogens with two attached hydrogens (primary N) is 1. The number of carbonyl (C=O) groups excluding carboxylic acids is 1. The highest BCUT2D eigenvalue weighted by molar-refractivity contribution is 6.32. The van der Waals surface area contributed by atoms with Crippen LogP contribution in [0.4, 0.5) is 11.6 Å². The summed E-state index contributed by atoms with van der Waals surface area (Å²) in [6.07, 6.45) is -0.780. The summed E-state index contributed by atoms with van der Waals surface area (Å²) >= 11 is 6.15. The number of fused-ring (bicyclic) bond motifs is 1. The van der Waals surface area contributed by atoms with Crippen LogP contribution in [-0.2, 0) is 4.79 Å². The average molecular weight is 371 g/mol. The van der Waals surface area contributed by atoms with Gasteiger partial charge in [-0.05, 0) is 44.0 Å². The van der Waals surface area contributed by atoms with Crippen LogP contribution in [0.25, 0.3) is 10.8 Å². The van der Waals surface area contributed by atoms with Gasteiger partial charge in [0.25, 0.3) is 0 Å². The Balaban J connectivity index is 1.75. The van der Waals surface area contributed by atoms with Crippen LogP contribution in [0.1, 0.15) is 18.1 Å². The summed E-state index contributed by atoms with van der Waals surface area (Å²) in [5, 5.41) is 10.1. The van der Waals surface area contributed by atoms with Gasteiger partial charge < -0.3 is 15.5 Å². The fourth-order valence-electron chi connectivity index (χ4n) is 2.67. The smallest absolute Gasteiger partial charge is 0.304 e. The molecule has 6 nitrogen and oxygen atoms in total. The van der Waals surface area contributed by atoms with Gasteiger partial charge in [-0.1, -0.05) is 35.9 Å². The second-order valence-electron chi connectivity index (χ2n) is 6.10. The first-order valence-corrected chi connectivity index (χ1v) is 8.49. The lowest BCUT2D eigenvalue weighted by Gasteiger charge is -2.13. The van der Waals surface area contributed by atoms with Crippen LogP contribution in [-0.4, -0.2) is 17.0 Å². The van der Waals surface area contributed by atoms with Crippen LogP contribution < -0.4 is 10.5 Å². The average Bonchev–Trinajstić information content (AvgIpc) is 2.94. The zero-order valence-corrected chi connectivity index (χ0v) is 15.5. The number of amides is 1. The minimum atomic E-state index is -0.780. The SMILES string of the molecule is Cc1cc(OC(C)C(=O)N=Nc2[nH]c(N)c3ccccc23)cc(C)c1Cl. The normalized spacial score (nSPS) is 12.6. The largest absolute Gasteiger partial charge is 0.481 e. The van der Waals surface area contributed by atoms with E-state index in [4.69, 9.17) is 22.1 Å². The molecule has 0 saturated heterocycles. The van der Waals surface area contributed by atoms with Crippen LogP contribution in [0.5, 0.6) is 5.75 Å². The summed E-state index contributed by atoms with van der Waals surface area (Å²) in [6, 6.07) is 11.1. The van der Waals surface area contributed by atoms with Crippen LogP contribution >= 0.6 is 11.6 Å². The molecule has 3 N–H and O–H groups in total. The van der Waals surface area contributed by atoms with Crippen molar-refractivity contribution in [3.05, 3.63) is 52.5 Å². The second kappa shape index (κ2) is 7.17. The molecule has 7 heteroatoms. The van der Waals surface area contributed by atoms with Crippen molar-refractivity contribution in [2.45, 2.75) is 26.9 Å². The molecule has 0 aliphatic carbocycles. The molecule has 1 amide bonds. The van der Waals surface area contributed by atoms with E-state index in [-0.39, 0.29) is 0 Å². The molecule has 0 aliphatic rings. The Kier molecular flexibility index (Phi) is 4.95. The Labute approximate surface area is 156 Å². The van der Waals surface area contributed by atoms with Crippen LogP contribution in [0.2, 0.25) is 5.02 Å². The summed E-state index contributed by atoms with van der Waals surface area (Å²) < 4.78 is 5.68. The zero-order valence-electron chi connectivity index (χ0n) is 14.7. The molecule has 1 aromatic heterocycles. The summed E-state index contributed by atoms with van der Waals surface area (Å²) in [7, 11) is 0. The number of aromatic nitrogens is 1. The van der Waals surface area contributed by atoms with Gasteiger partial charge in [-0.2, -0.15) is 0 Å². The number of aryl methyl sites for hydroxylation is 2. The molecule has 0 saturated carbocycles. The van der Waals surface area contributed by atoms with Gasteiger partial charge in [0, 0.05) is 15.8 Å². The number of ether oxygens (including phenoxy) is 1. The Morgan fingerprint density at radius 3 is 2.46 bits per heavy atom. The predicted molar refractivity (Wildman–Crippen MR) is 103 cm³/mol. The molecule has 1 atom stereocenters. The lowest BCUT2D eigenvalue weighted by molar-refractivity contribution is -0.124. The van der Waals surface area contributed by atoms with Gasteiger partial charge in [0.05, 0.1) is 0 Å². The summed E-state index contributed by atoms with van der Waals surface area (Å²) in [4.78, 5) is 15.2. The molecule has 26 heavy (non-hydrogen) atoms. The highest BCUT2D eigenvalue weighted by Crippen LogP contribution is 2.30. The number of halogens is 1. The van der Waals surface area contributed by atoms with Crippen molar-refractivity contribution in [2.75, 3.05) is 5.73 Å². The first kappa shape index (κ1) is 17.9. The van der Waals surface area contributed by atoms with Crippen molar-refractivity contribution in [2.24, 2.45) is 10.2 Å². The number of nitrogens with one attached hydrogen (secondary N) is 1. The summed E-state index contributed by atoms with van der Waals surface area (Å²) in [5.74, 6) is 0.998. The number of anilines is 1. The molecule has 0 fully saturated rings. The van der Waals surface area contributed by atoms with Gasteiger partial charge in [-0.15, -0.1) is 10.2 Å². The number of benzene rings is 2. The number of nitrogen functional groups attached to an aromatic ring is 1. The maximum absolute atomic E-state index is 12.2. The third-order valence-electron chi connectivity index (χ3n) is 4.04. The Morgan fingerprint density at radius 2 is 1.81 bits per heavy atom. The molecule has 3 aromatic rings. The zero-order chi connectivity index (χ0) is 18.8. The molecule has 134 valence electrons. The molecule has 0 spiro atoms. The Morgan fingerprint density at radius 1 is 1.19 bits per heavy atom. The Hall–Kier alpha value is -2.86. The van der Waals surface area contributed by atoms with E-state index in [1.807, 2.05) is 38.1 Å². The Bertz CT molecular complexity index is 987. The van der Waals surface area contributed by atoms with E-state index >= 15 is 0 Å². The predicted octanol–water partition coefficient (Wildman–Crippen LogP) is 5.10. The molecule has 3 rings (SSSR count). The molecule has 1 heterocycles. The number of hydrogen-bond acceptors (Lipinski definition) is 4. The number of rotatable bonds is 4. The molecule has 0 aliphatic heterocycles.